The average Bonchev–Trinajstić information content (AvgIpc) is 2.71. The van der Waals surface area contributed by atoms with Crippen LogP contribution in [-0.2, 0) is 16.1 Å². The standard InChI is InChI=1S/C22H27FN2O4/c1-4-24-22(27)14-29-19-10-5-16(12-20(19)28-3)13-25-21(26)11-15(2)17-6-8-18(23)9-7-17/h5-10,12,15H,4,11,13-14H2,1-3H3,(H,24,27)(H,25,26). The zero-order valence-corrected chi connectivity index (χ0v) is 17.0. The van der Waals surface area contributed by atoms with Gasteiger partial charge in [-0.25, -0.2) is 4.39 Å². The quantitative estimate of drug-likeness (QED) is 0.640. The van der Waals surface area contributed by atoms with Crippen molar-refractivity contribution in [1.82, 2.24) is 10.6 Å². The fraction of sp³-hybridized carbons (Fsp3) is 0.364. The minimum atomic E-state index is -0.294. The van der Waals surface area contributed by atoms with Gasteiger partial charge in [0.15, 0.2) is 18.1 Å². The molecule has 2 rings (SSSR count). The SMILES string of the molecule is CCNC(=O)COc1ccc(CNC(=O)CC(C)c2ccc(F)cc2)cc1OC. The molecule has 2 aromatic carbocycles. The third-order valence-corrected chi connectivity index (χ3v) is 4.38. The molecule has 0 saturated heterocycles. The summed E-state index contributed by atoms with van der Waals surface area (Å²) in [5.41, 5.74) is 1.76. The molecule has 7 heteroatoms. The highest BCUT2D eigenvalue weighted by Gasteiger charge is 2.12. The van der Waals surface area contributed by atoms with E-state index in [1.54, 1.807) is 30.3 Å². The second-order valence-corrected chi connectivity index (χ2v) is 6.66. The molecule has 0 bridgehead atoms. The first-order valence-electron chi connectivity index (χ1n) is 9.51. The molecule has 156 valence electrons. The van der Waals surface area contributed by atoms with Gasteiger partial charge in [0.25, 0.3) is 5.91 Å². The first-order chi connectivity index (χ1) is 13.9. The van der Waals surface area contributed by atoms with E-state index in [9.17, 15) is 14.0 Å². The third kappa shape index (κ3) is 7.10. The number of halogens is 1. The van der Waals surface area contributed by atoms with Crippen molar-refractivity contribution >= 4 is 11.8 Å². The summed E-state index contributed by atoms with van der Waals surface area (Å²) in [4.78, 5) is 23.8. The number of hydrogen-bond donors (Lipinski definition) is 2. The number of ether oxygens (including phenoxy) is 2. The lowest BCUT2D eigenvalue weighted by atomic mass is 9.97. The van der Waals surface area contributed by atoms with Crippen molar-refractivity contribution in [3.05, 3.63) is 59.4 Å². The first kappa shape index (κ1) is 22.2. The van der Waals surface area contributed by atoms with Crippen molar-refractivity contribution in [3.63, 3.8) is 0 Å². The summed E-state index contributed by atoms with van der Waals surface area (Å²) in [6, 6.07) is 11.4. The molecule has 1 atom stereocenters. The molecule has 1 unspecified atom stereocenters. The van der Waals surface area contributed by atoms with E-state index in [0.29, 0.717) is 31.0 Å². The third-order valence-electron chi connectivity index (χ3n) is 4.38. The van der Waals surface area contributed by atoms with Gasteiger partial charge in [-0.05, 0) is 48.2 Å². The summed E-state index contributed by atoms with van der Waals surface area (Å²) < 4.78 is 23.8. The summed E-state index contributed by atoms with van der Waals surface area (Å²) >= 11 is 0. The van der Waals surface area contributed by atoms with Gasteiger partial charge in [-0.2, -0.15) is 0 Å². The Morgan fingerprint density at radius 2 is 1.76 bits per heavy atom. The van der Waals surface area contributed by atoms with E-state index in [4.69, 9.17) is 9.47 Å². The Morgan fingerprint density at radius 1 is 1.03 bits per heavy atom. The molecule has 6 nitrogen and oxygen atoms in total. The van der Waals surface area contributed by atoms with Gasteiger partial charge in [0.1, 0.15) is 5.82 Å². The monoisotopic (exact) mass is 402 g/mol. The van der Waals surface area contributed by atoms with Gasteiger partial charge in [0, 0.05) is 19.5 Å². The highest BCUT2D eigenvalue weighted by molar-refractivity contribution is 5.77. The van der Waals surface area contributed by atoms with Crippen molar-refractivity contribution in [2.24, 2.45) is 0 Å². The van der Waals surface area contributed by atoms with Crippen LogP contribution in [0, 0.1) is 5.82 Å². The highest BCUT2D eigenvalue weighted by Crippen LogP contribution is 2.28. The first-order valence-corrected chi connectivity index (χ1v) is 9.51. The van der Waals surface area contributed by atoms with Crippen LogP contribution in [0.3, 0.4) is 0 Å². The molecule has 0 aliphatic carbocycles. The maximum absolute atomic E-state index is 13.0. The van der Waals surface area contributed by atoms with E-state index < -0.39 is 0 Å². The Hall–Kier alpha value is -3.09. The molecule has 2 amide bonds. The largest absolute Gasteiger partial charge is 0.493 e. The van der Waals surface area contributed by atoms with Gasteiger partial charge in [-0.3, -0.25) is 9.59 Å². The lowest BCUT2D eigenvalue weighted by Gasteiger charge is -2.14. The van der Waals surface area contributed by atoms with Crippen LogP contribution in [0.4, 0.5) is 4.39 Å². The predicted molar refractivity (Wildman–Crippen MR) is 108 cm³/mol. The number of hydrogen-bond acceptors (Lipinski definition) is 4. The number of rotatable bonds is 10. The zero-order valence-electron chi connectivity index (χ0n) is 17.0. The number of carbonyl (C=O) groups excluding carboxylic acids is 2. The average molecular weight is 402 g/mol. The van der Waals surface area contributed by atoms with E-state index in [2.05, 4.69) is 10.6 Å². The number of likely N-dealkylation sites (N-methyl/N-ethyl adjacent to an activating group) is 1. The molecule has 0 heterocycles. The van der Waals surface area contributed by atoms with Crippen molar-refractivity contribution in [1.29, 1.82) is 0 Å². The van der Waals surface area contributed by atoms with E-state index in [1.165, 1.54) is 19.2 Å². The van der Waals surface area contributed by atoms with Crippen molar-refractivity contribution in [2.45, 2.75) is 32.7 Å². The molecule has 0 aromatic heterocycles. The summed E-state index contributed by atoms with van der Waals surface area (Å²) in [5.74, 6) is 0.325. The fourth-order valence-electron chi connectivity index (χ4n) is 2.79. The van der Waals surface area contributed by atoms with E-state index in [1.807, 2.05) is 13.8 Å². The summed E-state index contributed by atoms with van der Waals surface area (Å²) in [5, 5.41) is 5.53. The van der Waals surface area contributed by atoms with Crippen LogP contribution < -0.4 is 20.1 Å². The van der Waals surface area contributed by atoms with Crippen LogP contribution in [0.25, 0.3) is 0 Å². The Bertz CT molecular complexity index is 824. The molecule has 0 radical (unpaired) electrons. The van der Waals surface area contributed by atoms with Gasteiger partial charge >= 0.3 is 0 Å². The minimum absolute atomic E-state index is 0.0184. The summed E-state index contributed by atoms with van der Waals surface area (Å²) in [6.45, 7) is 4.54. The Balaban J connectivity index is 1.88. The lowest BCUT2D eigenvalue weighted by Crippen LogP contribution is -2.28. The van der Waals surface area contributed by atoms with Gasteiger partial charge < -0.3 is 20.1 Å². The number of amides is 2. The second kappa shape index (κ2) is 11.0. The smallest absolute Gasteiger partial charge is 0.257 e. The minimum Gasteiger partial charge on any atom is -0.493 e. The normalized spacial score (nSPS) is 11.4. The van der Waals surface area contributed by atoms with Crippen molar-refractivity contribution in [3.8, 4) is 11.5 Å². The number of nitrogens with one attached hydrogen (secondary N) is 2. The summed E-state index contributed by atoms with van der Waals surface area (Å²) in [7, 11) is 1.51. The molecular formula is C22H27FN2O4. The number of carbonyl (C=O) groups is 2. The van der Waals surface area contributed by atoms with Crippen molar-refractivity contribution in [2.75, 3.05) is 20.3 Å². The molecule has 2 aromatic rings. The van der Waals surface area contributed by atoms with Gasteiger partial charge in [0.05, 0.1) is 7.11 Å². The fourth-order valence-corrected chi connectivity index (χ4v) is 2.79. The van der Waals surface area contributed by atoms with Gasteiger partial charge in [-0.15, -0.1) is 0 Å². The van der Waals surface area contributed by atoms with Crippen LogP contribution >= 0.6 is 0 Å². The molecule has 0 spiro atoms. The van der Waals surface area contributed by atoms with Gasteiger partial charge in [-0.1, -0.05) is 25.1 Å². The molecule has 29 heavy (non-hydrogen) atoms. The van der Waals surface area contributed by atoms with Crippen LogP contribution in [0.1, 0.15) is 37.3 Å². The van der Waals surface area contributed by atoms with E-state index in [-0.39, 0.29) is 30.2 Å². The van der Waals surface area contributed by atoms with Crippen LogP contribution in [0.2, 0.25) is 0 Å². The molecule has 0 aliphatic heterocycles. The van der Waals surface area contributed by atoms with Crippen LogP contribution in [-0.4, -0.2) is 32.1 Å². The molecule has 2 N–H and O–H groups in total. The molecule has 0 saturated carbocycles. The summed E-state index contributed by atoms with van der Waals surface area (Å²) in [6.07, 6.45) is 0.302. The topological polar surface area (TPSA) is 76.7 Å². The maximum Gasteiger partial charge on any atom is 0.257 e. The van der Waals surface area contributed by atoms with Crippen LogP contribution in [0.5, 0.6) is 11.5 Å². The zero-order chi connectivity index (χ0) is 21.2. The Kier molecular flexibility index (Phi) is 8.45. The van der Waals surface area contributed by atoms with E-state index >= 15 is 0 Å². The number of benzene rings is 2. The second-order valence-electron chi connectivity index (χ2n) is 6.66. The lowest BCUT2D eigenvalue weighted by molar-refractivity contribution is -0.123. The van der Waals surface area contributed by atoms with Gasteiger partial charge in [0.2, 0.25) is 5.91 Å². The number of methoxy groups -OCH3 is 1. The maximum atomic E-state index is 13.0. The molecular weight excluding hydrogens is 375 g/mol. The molecule has 0 fully saturated rings. The highest BCUT2D eigenvalue weighted by atomic mass is 19.1. The van der Waals surface area contributed by atoms with Crippen molar-refractivity contribution < 1.29 is 23.5 Å². The Labute approximate surface area is 170 Å². The molecule has 0 aliphatic rings. The van der Waals surface area contributed by atoms with Crippen LogP contribution in [0.15, 0.2) is 42.5 Å². The predicted octanol–water partition coefficient (Wildman–Crippen LogP) is 3.16. The Morgan fingerprint density at radius 3 is 2.41 bits per heavy atom. The van der Waals surface area contributed by atoms with E-state index in [0.717, 1.165) is 11.1 Å².